The summed E-state index contributed by atoms with van der Waals surface area (Å²) < 4.78 is 30.5. The van der Waals surface area contributed by atoms with Crippen LogP contribution in [0.15, 0.2) is 18.2 Å². The van der Waals surface area contributed by atoms with Crippen molar-refractivity contribution in [1.82, 2.24) is 0 Å². The van der Waals surface area contributed by atoms with Crippen molar-refractivity contribution in [1.29, 1.82) is 0 Å². The summed E-state index contributed by atoms with van der Waals surface area (Å²) in [6.45, 7) is 0. The lowest BCUT2D eigenvalue weighted by atomic mass is 10.0. The van der Waals surface area contributed by atoms with E-state index in [1.165, 1.54) is 25.7 Å². The van der Waals surface area contributed by atoms with E-state index in [1.807, 2.05) is 0 Å². The van der Waals surface area contributed by atoms with E-state index in [0.717, 1.165) is 31.7 Å². The second-order valence-electron chi connectivity index (χ2n) is 5.05. The lowest BCUT2D eigenvalue weighted by Crippen LogP contribution is -2.24. The highest BCUT2D eigenvalue weighted by Gasteiger charge is 2.23. The van der Waals surface area contributed by atoms with E-state index in [2.05, 4.69) is 0 Å². The summed E-state index contributed by atoms with van der Waals surface area (Å²) in [4.78, 5) is 12.2. The van der Waals surface area contributed by atoms with E-state index < -0.39 is 16.6 Å². The summed E-state index contributed by atoms with van der Waals surface area (Å²) >= 11 is 0. The van der Waals surface area contributed by atoms with Crippen LogP contribution in [0.1, 0.15) is 42.5 Å². The molecule has 1 aromatic rings. The zero-order valence-electron chi connectivity index (χ0n) is 11.6. The fourth-order valence-electron chi connectivity index (χ4n) is 2.55. The fourth-order valence-corrected chi connectivity index (χ4v) is 4.06. The van der Waals surface area contributed by atoms with Gasteiger partial charge in [-0.3, -0.25) is 9.00 Å². The fraction of sp³-hybridized carbons (Fsp3) is 0.533. The Kier molecular flexibility index (Phi) is 5.29. The Morgan fingerprint density at radius 3 is 2.70 bits per heavy atom. The van der Waals surface area contributed by atoms with Crippen LogP contribution in [0.2, 0.25) is 0 Å². The third-order valence-electron chi connectivity index (χ3n) is 3.66. The molecule has 1 atom stereocenters. The SMILES string of the molecule is COc1ccc(F)cc1C(=O)CS(=O)C1CCCCC1. The van der Waals surface area contributed by atoms with Crippen molar-refractivity contribution in [2.45, 2.75) is 37.4 Å². The third kappa shape index (κ3) is 3.66. The van der Waals surface area contributed by atoms with Crippen LogP contribution in [0.4, 0.5) is 4.39 Å². The number of Topliss-reactive ketones (excluding diaryl/α,β-unsaturated/α-hetero) is 1. The van der Waals surface area contributed by atoms with Gasteiger partial charge in [-0.25, -0.2) is 4.39 Å². The maximum absolute atomic E-state index is 13.3. The lowest BCUT2D eigenvalue weighted by Gasteiger charge is -2.20. The summed E-state index contributed by atoms with van der Waals surface area (Å²) in [5, 5.41) is 0.104. The minimum Gasteiger partial charge on any atom is -0.496 e. The molecule has 1 saturated carbocycles. The number of hydrogen-bond acceptors (Lipinski definition) is 3. The number of ketones is 1. The van der Waals surface area contributed by atoms with Gasteiger partial charge in [0, 0.05) is 16.0 Å². The molecule has 0 saturated heterocycles. The molecule has 3 nitrogen and oxygen atoms in total. The Hall–Kier alpha value is -1.23. The van der Waals surface area contributed by atoms with E-state index in [0.29, 0.717) is 5.75 Å². The molecule has 20 heavy (non-hydrogen) atoms. The van der Waals surface area contributed by atoms with Crippen molar-refractivity contribution in [2.75, 3.05) is 12.9 Å². The van der Waals surface area contributed by atoms with Gasteiger partial charge in [-0.1, -0.05) is 19.3 Å². The molecule has 2 rings (SSSR count). The second-order valence-corrected chi connectivity index (χ2v) is 6.77. The van der Waals surface area contributed by atoms with Gasteiger partial charge in [-0.15, -0.1) is 0 Å². The van der Waals surface area contributed by atoms with Gasteiger partial charge in [0.05, 0.1) is 18.4 Å². The summed E-state index contributed by atoms with van der Waals surface area (Å²) in [6, 6.07) is 3.82. The molecule has 0 amide bonds. The maximum Gasteiger partial charge on any atom is 0.179 e. The topological polar surface area (TPSA) is 43.4 Å². The van der Waals surface area contributed by atoms with Gasteiger partial charge in [0.25, 0.3) is 0 Å². The zero-order chi connectivity index (χ0) is 14.5. The number of methoxy groups -OCH3 is 1. The first-order valence-corrected chi connectivity index (χ1v) is 8.24. The van der Waals surface area contributed by atoms with E-state index in [9.17, 15) is 13.4 Å². The molecule has 5 heteroatoms. The van der Waals surface area contributed by atoms with Crippen LogP contribution >= 0.6 is 0 Å². The second kappa shape index (κ2) is 6.97. The Morgan fingerprint density at radius 1 is 1.35 bits per heavy atom. The average Bonchev–Trinajstić information content (AvgIpc) is 2.48. The minimum absolute atomic E-state index is 0.0511. The minimum atomic E-state index is -1.18. The summed E-state index contributed by atoms with van der Waals surface area (Å²) in [6.07, 6.45) is 5.17. The number of halogens is 1. The standard InChI is InChI=1S/C15H19FO3S/c1-19-15-8-7-11(16)9-13(15)14(17)10-20(18)12-5-3-2-4-6-12/h7-9,12H,2-6,10H2,1H3. The average molecular weight is 298 g/mol. The van der Waals surface area contributed by atoms with Gasteiger partial charge in [0.2, 0.25) is 0 Å². The lowest BCUT2D eigenvalue weighted by molar-refractivity contribution is 0.101. The highest BCUT2D eigenvalue weighted by molar-refractivity contribution is 7.86. The summed E-state index contributed by atoms with van der Waals surface area (Å²) in [7, 11) is 0.251. The van der Waals surface area contributed by atoms with Crippen molar-refractivity contribution in [3.8, 4) is 5.75 Å². The van der Waals surface area contributed by atoms with Crippen LogP contribution in [0.25, 0.3) is 0 Å². The molecule has 1 aliphatic carbocycles. The van der Waals surface area contributed by atoms with Gasteiger partial charge in [-0.2, -0.15) is 0 Å². The first kappa shape index (κ1) is 15.2. The Morgan fingerprint density at radius 2 is 2.05 bits per heavy atom. The first-order valence-electron chi connectivity index (χ1n) is 6.85. The molecule has 0 N–H and O–H groups in total. The molecule has 1 aliphatic rings. The third-order valence-corrected chi connectivity index (χ3v) is 5.42. The molecule has 0 radical (unpaired) electrons. The number of hydrogen-bond donors (Lipinski definition) is 0. The molecule has 1 fully saturated rings. The molecule has 0 aromatic heterocycles. The molecular weight excluding hydrogens is 279 g/mol. The van der Waals surface area contributed by atoms with E-state index in [-0.39, 0.29) is 22.3 Å². The molecular formula is C15H19FO3S. The van der Waals surface area contributed by atoms with Crippen LogP contribution in [0.5, 0.6) is 5.75 Å². The van der Waals surface area contributed by atoms with Gasteiger partial charge in [0.1, 0.15) is 11.6 Å². The Bertz CT molecular complexity index is 510. The number of carbonyl (C=O) groups excluding carboxylic acids is 1. The molecule has 0 heterocycles. The van der Waals surface area contributed by atoms with Crippen LogP contribution in [0, 0.1) is 5.82 Å². The predicted molar refractivity (Wildman–Crippen MR) is 77.2 cm³/mol. The first-order chi connectivity index (χ1) is 9.61. The predicted octanol–water partition coefficient (Wildman–Crippen LogP) is 3.10. The van der Waals surface area contributed by atoms with Crippen molar-refractivity contribution < 1.29 is 18.1 Å². The number of benzene rings is 1. The van der Waals surface area contributed by atoms with Crippen LogP contribution in [-0.4, -0.2) is 28.1 Å². The molecule has 0 aliphatic heterocycles. The van der Waals surface area contributed by atoms with Crippen molar-refractivity contribution in [3.05, 3.63) is 29.6 Å². The van der Waals surface area contributed by atoms with Gasteiger partial charge in [-0.05, 0) is 31.0 Å². The number of rotatable bonds is 5. The zero-order valence-corrected chi connectivity index (χ0v) is 12.4. The van der Waals surface area contributed by atoms with Gasteiger partial charge >= 0.3 is 0 Å². The maximum atomic E-state index is 13.3. The van der Waals surface area contributed by atoms with E-state index in [4.69, 9.17) is 4.74 Å². The molecule has 0 spiro atoms. The molecule has 0 bridgehead atoms. The van der Waals surface area contributed by atoms with Gasteiger partial charge in [0.15, 0.2) is 5.78 Å². The van der Waals surface area contributed by atoms with Crippen LogP contribution in [-0.2, 0) is 10.8 Å². The number of carbonyl (C=O) groups is 1. The molecule has 110 valence electrons. The van der Waals surface area contributed by atoms with Crippen molar-refractivity contribution in [2.24, 2.45) is 0 Å². The Labute approximate surface area is 121 Å². The highest BCUT2D eigenvalue weighted by atomic mass is 32.2. The Balaban J connectivity index is 2.07. The van der Waals surface area contributed by atoms with Crippen LogP contribution < -0.4 is 4.74 Å². The molecule has 1 unspecified atom stereocenters. The summed E-state index contributed by atoms with van der Waals surface area (Å²) in [5.41, 5.74) is 0.177. The quantitative estimate of drug-likeness (QED) is 0.785. The highest BCUT2D eigenvalue weighted by Crippen LogP contribution is 2.24. The van der Waals surface area contributed by atoms with E-state index in [1.54, 1.807) is 0 Å². The smallest absolute Gasteiger partial charge is 0.179 e. The summed E-state index contributed by atoms with van der Waals surface area (Å²) in [5.74, 6) is -0.523. The van der Waals surface area contributed by atoms with Crippen molar-refractivity contribution >= 4 is 16.6 Å². The van der Waals surface area contributed by atoms with Crippen LogP contribution in [0.3, 0.4) is 0 Å². The van der Waals surface area contributed by atoms with Crippen molar-refractivity contribution in [3.63, 3.8) is 0 Å². The largest absolute Gasteiger partial charge is 0.496 e. The molecule has 1 aromatic carbocycles. The monoisotopic (exact) mass is 298 g/mol. The normalized spacial score (nSPS) is 17.7. The van der Waals surface area contributed by atoms with Gasteiger partial charge < -0.3 is 4.74 Å². The van der Waals surface area contributed by atoms with E-state index >= 15 is 0 Å². The number of ether oxygens (including phenoxy) is 1.